The van der Waals surface area contributed by atoms with Gasteiger partial charge in [-0.3, -0.25) is 13.7 Å². The number of carboxylic acid groups (broad SMARTS) is 1. The number of aromatic nitrogens is 5. The summed E-state index contributed by atoms with van der Waals surface area (Å²) in [6, 6.07) is 7.59. The van der Waals surface area contributed by atoms with Gasteiger partial charge in [0.1, 0.15) is 15.5 Å². The zero-order valence-electron chi connectivity index (χ0n) is 25.7. The standard InChI is InChI=1S/C26H18Cl3N9O12S3/c1-10-21(22(39)38(37-10)18-8-15(28)20(9-14(18)27)53(48,49)50)36-35-17-6-11(2-5-19(17)52(45,46)47)30-25-32-24(29)33-26(34-25)31-16-4-3-12(51(42,43)44)7-13(16)23(40)41/h2-9,39H,1H3,(H,40,41)(H,42,43,44)(H,45,46,47)(H,48,49,50)(H2,30,31,32,33,34). The summed E-state index contributed by atoms with van der Waals surface area (Å²) in [6.07, 6.45) is 0. The molecule has 21 nitrogen and oxygen atoms in total. The van der Waals surface area contributed by atoms with Crippen molar-refractivity contribution in [3.05, 3.63) is 75.1 Å². The Morgan fingerprint density at radius 1 is 0.774 bits per heavy atom. The number of carbonyl (C=O) groups is 1. The molecule has 2 heterocycles. The van der Waals surface area contributed by atoms with Crippen LogP contribution in [0.4, 0.5) is 34.6 Å². The number of anilines is 4. The summed E-state index contributed by atoms with van der Waals surface area (Å²) in [6.45, 7) is 1.37. The highest BCUT2D eigenvalue weighted by Crippen LogP contribution is 2.39. The van der Waals surface area contributed by atoms with Crippen LogP contribution >= 0.6 is 34.8 Å². The lowest BCUT2D eigenvalue weighted by Gasteiger charge is -2.11. The van der Waals surface area contributed by atoms with Crippen molar-refractivity contribution in [2.45, 2.75) is 21.6 Å². The van der Waals surface area contributed by atoms with Crippen LogP contribution in [0.2, 0.25) is 15.3 Å². The highest BCUT2D eigenvalue weighted by atomic mass is 35.5. The zero-order valence-corrected chi connectivity index (χ0v) is 30.4. The minimum absolute atomic E-state index is 0.00137. The Labute approximate surface area is 312 Å². The minimum Gasteiger partial charge on any atom is -0.492 e. The molecule has 0 aliphatic carbocycles. The van der Waals surface area contributed by atoms with Gasteiger partial charge in [0, 0.05) is 5.69 Å². The van der Waals surface area contributed by atoms with E-state index in [0.29, 0.717) is 6.07 Å². The second-order valence-corrected chi connectivity index (χ2v) is 15.6. The number of hydrogen-bond acceptors (Lipinski definition) is 16. The number of nitrogens with one attached hydrogen (secondary N) is 2. The smallest absolute Gasteiger partial charge is 0.337 e. The van der Waals surface area contributed by atoms with Gasteiger partial charge in [-0.25, -0.2) is 4.79 Å². The average molecular weight is 851 g/mol. The number of benzene rings is 3. The predicted octanol–water partition coefficient (Wildman–Crippen LogP) is 5.37. The number of hydrogen-bond donors (Lipinski definition) is 7. The lowest BCUT2D eigenvalue weighted by Crippen LogP contribution is -2.09. The Balaban J connectivity index is 1.49. The van der Waals surface area contributed by atoms with E-state index in [9.17, 15) is 53.9 Å². The van der Waals surface area contributed by atoms with E-state index >= 15 is 0 Å². The minimum atomic E-state index is -4.92. The summed E-state index contributed by atoms with van der Waals surface area (Å²) >= 11 is 18.2. The van der Waals surface area contributed by atoms with E-state index in [1.165, 1.54) is 6.92 Å². The molecule has 0 spiro atoms. The molecule has 3 aromatic carbocycles. The second kappa shape index (κ2) is 14.4. The molecule has 0 fully saturated rings. The van der Waals surface area contributed by atoms with Crippen molar-refractivity contribution in [3.63, 3.8) is 0 Å². The topological polar surface area (TPSA) is 326 Å². The third-order valence-electron chi connectivity index (χ3n) is 6.64. The fourth-order valence-electron chi connectivity index (χ4n) is 4.35. The van der Waals surface area contributed by atoms with Gasteiger partial charge in [0.05, 0.1) is 37.6 Å². The van der Waals surface area contributed by atoms with Gasteiger partial charge in [-0.1, -0.05) is 23.2 Å². The van der Waals surface area contributed by atoms with E-state index in [1.54, 1.807) is 0 Å². The predicted molar refractivity (Wildman–Crippen MR) is 185 cm³/mol. The van der Waals surface area contributed by atoms with Gasteiger partial charge in [0.15, 0.2) is 5.69 Å². The molecule has 27 heteroatoms. The van der Waals surface area contributed by atoms with E-state index in [2.05, 4.69) is 40.9 Å². The van der Waals surface area contributed by atoms with Crippen LogP contribution in [-0.4, -0.2) is 79.8 Å². The van der Waals surface area contributed by atoms with Crippen molar-refractivity contribution in [1.82, 2.24) is 24.7 Å². The molecule has 0 aliphatic heterocycles. The molecule has 0 saturated carbocycles. The van der Waals surface area contributed by atoms with Gasteiger partial charge >= 0.3 is 5.97 Å². The van der Waals surface area contributed by atoms with Crippen LogP contribution in [0.1, 0.15) is 16.1 Å². The van der Waals surface area contributed by atoms with E-state index in [-0.39, 0.29) is 45.4 Å². The molecule has 0 bridgehead atoms. The Bertz CT molecular complexity index is 2710. The number of aryl methyl sites for hydroxylation is 1. The summed E-state index contributed by atoms with van der Waals surface area (Å²) in [4.78, 5) is 21.4. The van der Waals surface area contributed by atoms with E-state index in [1.807, 2.05) is 0 Å². The number of nitrogens with zero attached hydrogens (tertiary/aromatic N) is 7. The molecule has 2 aromatic heterocycles. The number of carboxylic acids is 1. The fraction of sp³-hybridized carbons (Fsp3) is 0.0385. The molecule has 0 atom stereocenters. The van der Waals surface area contributed by atoms with Gasteiger partial charge < -0.3 is 20.8 Å². The molecular formula is C26H18Cl3N9O12S3. The number of azo groups is 1. The van der Waals surface area contributed by atoms with Gasteiger partial charge in [0.2, 0.25) is 23.1 Å². The summed E-state index contributed by atoms with van der Waals surface area (Å²) in [5, 5.41) is 36.3. The first-order valence-corrected chi connectivity index (χ1v) is 19.1. The van der Waals surface area contributed by atoms with E-state index in [0.717, 1.165) is 47.1 Å². The molecule has 0 aliphatic rings. The van der Waals surface area contributed by atoms with Crippen LogP contribution in [0.3, 0.4) is 0 Å². The average Bonchev–Trinajstić information content (AvgIpc) is 3.31. The lowest BCUT2D eigenvalue weighted by atomic mass is 10.2. The molecule has 5 aromatic rings. The largest absolute Gasteiger partial charge is 0.492 e. The van der Waals surface area contributed by atoms with Crippen LogP contribution in [0, 0.1) is 6.92 Å². The highest BCUT2D eigenvalue weighted by molar-refractivity contribution is 7.86. The number of aromatic carboxylic acids is 1. The van der Waals surface area contributed by atoms with E-state index in [4.69, 9.17) is 34.8 Å². The Kier molecular flexibility index (Phi) is 10.6. The van der Waals surface area contributed by atoms with E-state index < -0.39 is 78.4 Å². The van der Waals surface area contributed by atoms with Crippen molar-refractivity contribution in [2.75, 3.05) is 10.6 Å². The quantitative estimate of drug-likeness (QED) is 0.0648. The Morgan fingerprint density at radius 3 is 2.02 bits per heavy atom. The SMILES string of the molecule is Cc1nn(-c2cc(Cl)c(S(=O)(=O)O)cc2Cl)c(O)c1N=Nc1cc(Nc2nc(Cl)nc(Nc3ccc(S(=O)(=O)O)cc3C(=O)O)n2)ccc1S(=O)(=O)O. The van der Waals surface area contributed by atoms with Crippen molar-refractivity contribution in [3.8, 4) is 11.6 Å². The summed E-state index contributed by atoms with van der Waals surface area (Å²) < 4.78 is 99.7. The van der Waals surface area contributed by atoms with Crippen molar-refractivity contribution >= 4 is 106 Å². The van der Waals surface area contributed by atoms with Crippen LogP contribution in [0.15, 0.2) is 73.4 Å². The fourth-order valence-corrected chi connectivity index (χ4v) is 6.95. The number of rotatable bonds is 11. The van der Waals surface area contributed by atoms with Gasteiger partial charge in [0.25, 0.3) is 30.4 Å². The molecule has 7 N–H and O–H groups in total. The molecular weight excluding hydrogens is 833 g/mol. The first kappa shape index (κ1) is 39.2. The third-order valence-corrected chi connectivity index (χ3v) is 10.2. The first-order chi connectivity index (χ1) is 24.5. The summed E-state index contributed by atoms with van der Waals surface area (Å²) in [5.74, 6) is -2.94. The maximum Gasteiger partial charge on any atom is 0.337 e. The zero-order chi connectivity index (χ0) is 39.2. The molecule has 0 amide bonds. The molecule has 0 saturated heterocycles. The van der Waals surface area contributed by atoms with Crippen LogP contribution < -0.4 is 10.6 Å². The van der Waals surface area contributed by atoms with Crippen LogP contribution in [0.5, 0.6) is 5.88 Å². The van der Waals surface area contributed by atoms with Crippen molar-refractivity contribution in [1.29, 1.82) is 0 Å². The normalized spacial score (nSPS) is 12.3. The monoisotopic (exact) mass is 849 g/mol. The Hall–Kier alpha value is -5.05. The second-order valence-electron chi connectivity index (χ2n) is 10.2. The summed E-state index contributed by atoms with van der Waals surface area (Å²) in [5.41, 5.74) is -1.75. The van der Waals surface area contributed by atoms with Gasteiger partial charge in [-0.2, -0.15) is 50.0 Å². The molecule has 0 radical (unpaired) electrons. The summed E-state index contributed by atoms with van der Waals surface area (Å²) in [7, 11) is -14.4. The molecule has 278 valence electrons. The molecule has 53 heavy (non-hydrogen) atoms. The van der Waals surface area contributed by atoms with Gasteiger partial charge in [-0.15, -0.1) is 10.2 Å². The lowest BCUT2D eigenvalue weighted by molar-refractivity contribution is 0.0697. The van der Waals surface area contributed by atoms with Crippen molar-refractivity contribution in [2.24, 2.45) is 10.2 Å². The maximum atomic E-state index is 12.2. The number of aromatic hydroxyl groups is 1. The Morgan fingerprint density at radius 2 is 1.42 bits per heavy atom. The van der Waals surface area contributed by atoms with Gasteiger partial charge in [-0.05, 0) is 67.1 Å². The van der Waals surface area contributed by atoms with Crippen molar-refractivity contribution < 1.29 is 53.9 Å². The third kappa shape index (κ3) is 8.78. The number of halogens is 3. The maximum absolute atomic E-state index is 12.2. The molecule has 5 rings (SSSR count). The van der Waals surface area contributed by atoms with Crippen LogP contribution in [-0.2, 0) is 30.4 Å². The first-order valence-electron chi connectivity index (χ1n) is 13.6. The van der Waals surface area contributed by atoms with Crippen LogP contribution in [0.25, 0.3) is 5.69 Å². The highest BCUT2D eigenvalue weighted by Gasteiger charge is 2.24. The molecule has 0 unspecified atom stereocenters.